The maximum absolute atomic E-state index is 12.3. The normalized spacial score (nSPS) is 11.7. The largest absolute Gasteiger partial charge is 0.495 e. The van der Waals surface area contributed by atoms with Crippen LogP contribution in [-0.2, 0) is 15.6 Å². The standard InChI is InChI=1S/C15H16N2O3S/c1-20-13-9-11(16)7-8-14(13)21(19)10-15(18)17-12-5-3-2-4-6-12/h2-9H,10,16H2,1H3,(H,17,18). The van der Waals surface area contributed by atoms with Gasteiger partial charge in [0, 0.05) is 17.4 Å². The summed E-state index contributed by atoms with van der Waals surface area (Å²) in [5, 5.41) is 2.69. The van der Waals surface area contributed by atoms with Crippen molar-refractivity contribution in [1.82, 2.24) is 0 Å². The van der Waals surface area contributed by atoms with Gasteiger partial charge in [-0.1, -0.05) is 18.2 Å². The first-order chi connectivity index (χ1) is 10.1. The van der Waals surface area contributed by atoms with Crippen LogP contribution in [-0.4, -0.2) is 23.0 Å². The van der Waals surface area contributed by atoms with Crippen LogP contribution in [0, 0.1) is 0 Å². The van der Waals surface area contributed by atoms with E-state index in [1.807, 2.05) is 18.2 Å². The van der Waals surface area contributed by atoms with Gasteiger partial charge in [-0.2, -0.15) is 0 Å². The predicted octanol–water partition coefficient (Wildman–Crippen LogP) is 2.02. The van der Waals surface area contributed by atoms with E-state index in [4.69, 9.17) is 10.5 Å². The van der Waals surface area contributed by atoms with E-state index in [2.05, 4.69) is 5.32 Å². The maximum Gasteiger partial charge on any atom is 0.237 e. The lowest BCUT2D eigenvalue weighted by Gasteiger charge is -2.09. The molecule has 2 aromatic carbocycles. The van der Waals surface area contributed by atoms with Gasteiger partial charge in [0.05, 0.1) is 22.8 Å². The Morgan fingerprint density at radius 1 is 1.24 bits per heavy atom. The number of amides is 1. The third-order valence-electron chi connectivity index (χ3n) is 2.75. The first-order valence-corrected chi connectivity index (χ1v) is 7.59. The van der Waals surface area contributed by atoms with E-state index in [9.17, 15) is 9.00 Å². The highest BCUT2D eigenvalue weighted by Crippen LogP contribution is 2.24. The average Bonchev–Trinajstić information content (AvgIpc) is 2.47. The molecule has 1 unspecified atom stereocenters. The number of rotatable bonds is 5. The first kappa shape index (κ1) is 15.1. The summed E-state index contributed by atoms with van der Waals surface area (Å²) >= 11 is 0. The quantitative estimate of drug-likeness (QED) is 0.828. The fourth-order valence-corrected chi connectivity index (χ4v) is 2.84. The van der Waals surface area contributed by atoms with Crippen molar-refractivity contribution in [2.75, 3.05) is 23.9 Å². The molecule has 1 atom stereocenters. The fourth-order valence-electron chi connectivity index (χ4n) is 1.79. The molecule has 2 rings (SSSR count). The Hall–Kier alpha value is -2.34. The maximum atomic E-state index is 12.3. The number of nitrogen functional groups attached to an aromatic ring is 1. The van der Waals surface area contributed by atoms with Gasteiger partial charge in [0.2, 0.25) is 5.91 Å². The van der Waals surface area contributed by atoms with Gasteiger partial charge in [0.25, 0.3) is 0 Å². The molecule has 1 amide bonds. The van der Waals surface area contributed by atoms with Crippen molar-refractivity contribution in [3.8, 4) is 5.75 Å². The van der Waals surface area contributed by atoms with Crippen molar-refractivity contribution in [3.05, 3.63) is 48.5 Å². The van der Waals surface area contributed by atoms with E-state index < -0.39 is 10.8 Å². The third kappa shape index (κ3) is 4.06. The Balaban J connectivity index is 2.06. The van der Waals surface area contributed by atoms with Gasteiger partial charge in [-0.05, 0) is 24.3 Å². The summed E-state index contributed by atoms with van der Waals surface area (Å²) in [6.45, 7) is 0. The molecule has 0 aliphatic heterocycles. The minimum Gasteiger partial charge on any atom is -0.495 e. The summed E-state index contributed by atoms with van der Waals surface area (Å²) < 4.78 is 17.4. The molecule has 0 aliphatic carbocycles. The molecule has 110 valence electrons. The van der Waals surface area contributed by atoms with Crippen molar-refractivity contribution in [2.24, 2.45) is 0 Å². The smallest absolute Gasteiger partial charge is 0.237 e. The third-order valence-corrected chi connectivity index (χ3v) is 4.10. The number of anilines is 2. The second kappa shape index (κ2) is 6.90. The number of para-hydroxylation sites is 1. The Kier molecular flexibility index (Phi) is 4.94. The average molecular weight is 304 g/mol. The van der Waals surface area contributed by atoms with Crippen molar-refractivity contribution < 1.29 is 13.7 Å². The number of carbonyl (C=O) groups excluding carboxylic acids is 1. The van der Waals surface area contributed by atoms with Gasteiger partial charge in [-0.25, -0.2) is 0 Å². The molecular weight excluding hydrogens is 288 g/mol. The minimum atomic E-state index is -1.50. The number of benzene rings is 2. The summed E-state index contributed by atoms with van der Waals surface area (Å²) in [5.74, 6) is -0.0471. The summed E-state index contributed by atoms with van der Waals surface area (Å²) in [4.78, 5) is 12.3. The van der Waals surface area contributed by atoms with Gasteiger partial charge in [0.1, 0.15) is 11.5 Å². The molecule has 21 heavy (non-hydrogen) atoms. The monoisotopic (exact) mass is 304 g/mol. The SMILES string of the molecule is COc1cc(N)ccc1S(=O)CC(=O)Nc1ccccc1. The van der Waals surface area contributed by atoms with Crippen molar-refractivity contribution in [3.63, 3.8) is 0 Å². The number of hydrogen-bond acceptors (Lipinski definition) is 4. The Morgan fingerprint density at radius 3 is 2.62 bits per heavy atom. The first-order valence-electron chi connectivity index (χ1n) is 6.27. The van der Waals surface area contributed by atoms with Gasteiger partial charge < -0.3 is 15.8 Å². The molecule has 0 aromatic heterocycles. The lowest BCUT2D eigenvalue weighted by Crippen LogP contribution is -2.19. The molecule has 0 fully saturated rings. The summed E-state index contributed by atoms with van der Waals surface area (Å²) in [7, 11) is -0.0277. The topological polar surface area (TPSA) is 81.4 Å². The van der Waals surface area contributed by atoms with Crippen LogP contribution in [0.2, 0.25) is 0 Å². The molecule has 0 heterocycles. The van der Waals surface area contributed by atoms with Crippen LogP contribution >= 0.6 is 0 Å². The number of ether oxygens (including phenoxy) is 1. The van der Waals surface area contributed by atoms with Gasteiger partial charge in [-0.15, -0.1) is 0 Å². The van der Waals surface area contributed by atoms with Crippen LogP contribution < -0.4 is 15.8 Å². The molecule has 0 aliphatic rings. The molecule has 5 nitrogen and oxygen atoms in total. The molecule has 0 radical (unpaired) electrons. The summed E-state index contributed by atoms with van der Waals surface area (Å²) in [6, 6.07) is 13.8. The fraction of sp³-hybridized carbons (Fsp3) is 0.133. The highest BCUT2D eigenvalue weighted by molar-refractivity contribution is 7.85. The zero-order valence-corrected chi connectivity index (χ0v) is 12.4. The van der Waals surface area contributed by atoms with Crippen LogP contribution in [0.5, 0.6) is 5.75 Å². The highest BCUT2D eigenvalue weighted by Gasteiger charge is 2.15. The van der Waals surface area contributed by atoms with E-state index >= 15 is 0 Å². The van der Waals surface area contributed by atoms with Gasteiger partial charge >= 0.3 is 0 Å². The van der Waals surface area contributed by atoms with E-state index in [1.165, 1.54) is 7.11 Å². The van der Waals surface area contributed by atoms with Crippen LogP contribution in [0.1, 0.15) is 0 Å². The van der Waals surface area contributed by atoms with Gasteiger partial charge in [0.15, 0.2) is 0 Å². The number of hydrogen-bond donors (Lipinski definition) is 2. The minimum absolute atomic E-state index is 0.144. The van der Waals surface area contributed by atoms with Gasteiger partial charge in [-0.3, -0.25) is 9.00 Å². The van der Waals surface area contributed by atoms with Crippen LogP contribution in [0.4, 0.5) is 11.4 Å². The molecule has 3 N–H and O–H groups in total. The van der Waals surface area contributed by atoms with E-state index in [0.29, 0.717) is 22.0 Å². The molecule has 6 heteroatoms. The Labute approximate surface area is 125 Å². The second-order valence-corrected chi connectivity index (χ2v) is 5.73. The van der Waals surface area contributed by atoms with Crippen molar-refractivity contribution in [2.45, 2.75) is 4.90 Å². The van der Waals surface area contributed by atoms with E-state index in [-0.39, 0.29) is 11.7 Å². The van der Waals surface area contributed by atoms with Crippen molar-refractivity contribution in [1.29, 1.82) is 0 Å². The number of methoxy groups -OCH3 is 1. The van der Waals surface area contributed by atoms with Crippen LogP contribution in [0.25, 0.3) is 0 Å². The Morgan fingerprint density at radius 2 is 1.95 bits per heavy atom. The predicted molar refractivity (Wildman–Crippen MR) is 83.8 cm³/mol. The Bertz CT molecular complexity index is 659. The molecule has 0 spiro atoms. The summed E-state index contributed by atoms with van der Waals surface area (Å²) in [6.07, 6.45) is 0. The lowest BCUT2D eigenvalue weighted by atomic mass is 10.3. The van der Waals surface area contributed by atoms with Crippen molar-refractivity contribution >= 4 is 28.1 Å². The molecular formula is C15H16N2O3S. The zero-order chi connectivity index (χ0) is 15.2. The zero-order valence-electron chi connectivity index (χ0n) is 11.5. The second-order valence-electron chi connectivity index (χ2n) is 4.31. The summed E-state index contributed by atoms with van der Waals surface area (Å²) in [5.41, 5.74) is 6.83. The highest BCUT2D eigenvalue weighted by atomic mass is 32.2. The number of nitrogens with one attached hydrogen (secondary N) is 1. The van der Waals surface area contributed by atoms with Crippen LogP contribution in [0.15, 0.2) is 53.4 Å². The van der Waals surface area contributed by atoms with Crippen LogP contribution in [0.3, 0.4) is 0 Å². The molecule has 2 aromatic rings. The number of carbonyl (C=O) groups is 1. The lowest BCUT2D eigenvalue weighted by molar-refractivity contribution is -0.113. The molecule has 0 saturated carbocycles. The molecule has 0 saturated heterocycles. The molecule has 0 bridgehead atoms. The van der Waals surface area contributed by atoms with E-state index in [0.717, 1.165) is 0 Å². The number of nitrogens with two attached hydrogens (primary N) is 1. The van der Waals surface area contributed by atoms with E-state index in [1.54, 1.807) is 30.3 Å².